The van der Waals surface area contributed by atoms with Crippen LogP contribution >= 0.6 is 11.3 Å². The lowest BCUT2D eigenvalue weighted by molar-refractivity contribution is -0.123. The average molecular weight is 272 g/mol. The van der Waals surface area contributed by atoms with Crippen LogP contribution in [0.1, 0.15) is 26.5 Å². The normalized spacial score (nSPS) is 14.6. The van der Waals surface area contributed by atoms with Crippen molar-refractivity contribution in [3.8, 4) is 0 Å². The molecule has 102 valence electrons. The first kappa shape index (κ1) is 14.9. The third-order valence-electron chi connectivity index (χ3n) is 3.17. The summed E-state index contributed by atoms with van der Waals surface area (Å²) in [5.41, 5.74) is -0.166. The minimum absolute atomic E-state index is 0.00232. The summed E-state index contributed by atoms with van der Waals surface area (Å²) in [5.74, 6) is -0.220. The maximum Gasteiger partial charge on any atom is 0.307 e. The van der Waals surface area contributed by atoms with Crippen molar-refractivity contribution in [3.63, 3.8) is 0 Å². The second-order valence-corrected chi connectivity index (χ2v) is 5.84. The molecular formula is C12H20N2O3S. The van der Waals surface area contributed by atoms with Crippen LogP contribution in [0.15, 0.2) is 10.2 Å². The quantitative estimate of drug-likeness (QED) is 0.830. The van der Waals surface area contributed by atoms with Gasteiger partial charge in [0.2, 0.25) is 5.91 Å². The van der Waals surface area contributed by atoms with E-state index in [1.165, 1.54) is 4.57 Å². The van der Waals surface area contributed by atoms with Crippen molar-refractivity contribution in [2.45, 2.75) is 39.8 Å². The van der Waals surface area contributed by atoms with Gasteiger partial charge in [0.15, 0.2) is 0 Å². The van der Waals surface area contributed by atoms with Gasteiger partial charge in [-0.2, -0.15) is 0 Å². The highest BCUT2D eigenvalue weighted by molar-refractivity contribution is 7.07. The molecule has 0 fully saturated rings. The molecule has 1 aromatic rings. The number of amides is 1. The standard InChI is InChI=1S/C12H20N2O3S/c1-8(2)12(4,17)7-13-10(15)5-14-9(3)6-18-11(14)16/h6,8,17H,5,7H2,1-4H3,(H,13,15). The van der Waals surface area contributed by atoms with Gasteiger partial charge in [-0.3, -0.25) is 14.2 Å². The summed E-state index contributed by atoms with van der Waals surface area (Å²) in [7, 11) is 0. The van der Waals surface area contributed by atoms with Crippen LogP contribution in [0.5, 0.6) is 0 Å². The number of aromatic nitrogens is 1. The number of carbonyl (C=O) groups excluding carboxylic acids is 1. The number of nitrogens with one attached hydrogen (secondary N) is 1. The maximum atomic E-state index is 11.7. The van der Waals surface area contributed by atoms with E-state index in [9.17, 15) is 14.7 Å². The fourth-order valence-electron chi connectivity index (χ4n) is 1.28. The summed E-state index contributed by atoms with van der Waals surface area (Å²) in [5, 5.41) is 14.4. The maximum absolute atomic E-state index is 11.7. The fraction of sp³-hybridized carbons (Fsp3) is 0.667. The van der Waals surface area contributed by atoms with Gasteiger partial charge in [-0.05, 0) is 19.8 Å². The molecule has 5 nitrogen and oxygen atoms in total. The Morgan fingerprint density at radius 1 is 1.61 bits per heavy atom. The van der Waals surface area contributed by atoms with E-state index in [0.717, 1.165) is 17.0 Å². The SMILES string of the molecule is Cc1csc(=O)n1CC(=O)NCC(C)(O)C(C)C. The molecule has 1 atom stereocenters. The zero-order chi connectivity index (χ0) is 13.9. The van der Waals surface area contributed by atoms with E-state index in [2.05, 4.69) is 5.32 Å². The molecule has 1 amide bonds. The van der Waals surface area contributed by atoms with Gasteiger partial charge in [0.05, 0.1) is 5.60 Å². The number of carbonyl (C=O) groups is 1. The van der Waals surface area contributed by atoms with Crippen molar-refractivity contribution in [1.82, 2.24) is 9.88 Å². The molecule has 1 aromatic heterocycles. The minimum Gasteiger partial charge on any atom is -0.388 e. The van der Waals surface area contributed by atoms with Gasteiger partial charge in [0.1, 0.15) is 6.54 Å². The van der Waals surface area contributed by atoms with Crippen molar-refractivity contribution >= 4 is 17.2 Å². The van der Waals surface area contributed by atoms with Crippen LogP contribution in [-0.2, 0) is 11.3 Å². The van der Waals surface area contributed by atoms with Crippen LogP contribution < -0.4 is 10.2 Å². The van der Waals surface area contributed by atoms with Gasteiger partial charge in [0.25, 0.3) is 0 Å². The Hall–Kier alpha value is -1.14. The predicted octanol–water partition coefficient (Wildman–Crippen LogP) is 0.741. The second kappa shape index (κ2) is 5.67. The third kappa shape index (κ3) is 3.68. The highest BCUT2D eigenvalue weighted by Crippen LogP contribution is 2.14. The molecule has 0 spiro atoms. The largest absolute Gasteiger partial charge is 0.388 e. The number of aryl methyl sites for hydroxylation is 1. The Kier molecular flexibility index (Phi) is 4.70. The lowest BCUT2D eigenvalue weighted by Gasteiger charge is -2.27. The highest BCUT2D eigenvalue weighted by atomic mass is 32.1. The molecule has 18 heavy (non-hydrogen) atoms. The van der Waals surface area contributed by atoms with Crippen LogP contribution in [0.25, 0.3) is 0 Å². The molecule has 0 aliphatic rings. The van der Waals surface area contributed by atoms with E-state index in [4.69, 9.17) is 0 Å². The number of hydrogen-bond donors (Lipinski definition) is 2. The molecule has 0 aliphatic heterocycles. The molecule has 6 heteroatoms. The van der Waals surface area contributed by atoms with Crippen molar-refractivity contribution in [3.05, 3.63) is 20.7 Å². The lowest BCUT2D eigenvalue weighted by Crippen LogP contribution is -2.45. The molecule has 0 radical (unpaired) electrons. The van der Waals surface area contributed by atoms with Gasteiger partial charge in [-0.1, -0.05) is 25.2 Å². The van der Waals surface area contributed by atoms with Crippen molar-refractivity contribution < 1.29 is 9.90 Å². The first-order valence-corrected chi connectivity index (χ1v) is 6.76. The number of thiazole rings is 1. The monoisotopic (exact) mass is 272 g/mol. The Labute approximate surface area is 110 Å². The summed E-state index contributed by atoms with van der Waals surface area (Å²) in [6, 6.07) is 0. The van der Waals surface area contributed by atoms with Crippen LogP contribution in [0.3, 0.4) is 0 Å². The number of hydrogen-bond acceptors (Lipinski definition) is 4. The van der Waals surface area contributed by atoms with Crippen LogP contribution in [0.2, 0.25) is 0 Å². The van der Waals surface area contributed by atoms with Gasteiger partial charge >= 0.3 is 4.87 Å². The summed E-state index contributed by atoms with van der Waals surface area (Å²) < 4.78 is 1.42. The third-order valence-corrected chi connectivity index (χ3v) is 4.05. The zero-order valence-corrected chi connectivity index (χ0v) is 12.0. The first-order valence-electron chi connectivity index (χ1n) is 5.88. The molecule has 1 heterocycles. The first-order chi connectivity index (χ1) is 8.24. The van der Waals surface area contributed by atoms with Crippen LogP contribution in [0, 0.1) is 12.8 Å². The topological polar surface area (TPSA) is 71.3 Å². The van der Waals surface area contributed by atoms with Crippen LogP contribution in [-0.4, -0.2) is 27.7 Å². The molecule has 1 rings (SSSR count). The highest BCUT2D eigenvalue weighted by Gasteiger charge is 2.25. The van der Waals surface area contributed by atoms with E-state index in [-0.39, 0.29) is 29.8 Å². The molecule has 2 N–H and O–H groups in total. The lowest BCUT2D eigenvalue weighted by atomic mass is 9.92. The van der Waals surface area contributed by atoms with Gasteiger partial charge in [-0.25, -0.2) is 0 Å². The van der Waals surface area contributed by atoms with E-state index < -0.39 is 5.60 Å². The van der Waals surface area contributed by atoms with Gasteiger partial charge in [0, 0.05) is 17.6 Å². The summed E-state index contributed by atoms with van der Waals surface area (Å²) >= 11 is 1.08. The summed E-state index contributed by atoms with van der Waals surface area (Å²) in [6.45, 7) is 7.43. The molecular weight excluding hydrogens is 252 g/mol. The molecule has 0 saturated heterocycles. The van der Waals surface area contributed by atoms with E-state index >= 15 is 0 Å². The number of aliphatic hydroxyl groups is 1. The minimum atomic E-state index is -0.940. The van der Waals surface area contributed by atoms with Crippen molar-refractivity contribution in [2.24, 2.45) is 5.92 Å². The molecule has 0 bridgehead atoms. The van der Waals surface area contributed by atoms with E-state index in [1.807, 2.05) is 13.8 Å². The van der Waals surface area contributed by atoms with Crippen molar-refractivity contribution in [1.29, 1.82) is 0 Å². The molecule has 0 aromatic carbocycles. The van der Waals surface area contributed by atoms with E-state index in [0.29, 0.717) is 0 Å². The van der Waals surface area contributed by atoms with E-state index in [1.54, 1.807) is 19.2 Å². The smallest absolute Gasteiger partial charge is 0.307 e. The predicted molar refractivity (Wildman–Crippen MR) is 71.8 cm³/mol. The number of nitrogens with zero attached hydrogens (tertiary/aromatic N) is 1. The van der Waals surface area contributed by atoms with Gasteiger partial charge < -0.3 is 10.4 Å². The summed E-state index contributed by atoms with van der Waals surface area (Å²) in [6.07, 6.45) is 0. The fourth-order valence-corrected chi connectivity index (χ4v) is 2.01. The summed E-state index contributed by atoms with van der Waals surface area (Å²) in [4.78, 5) is 23.0. The average Bonchev–Trinajstić information content (AvgIpc) is 2.58. The number of rotatable bonds is 5. The van der Waals surface area contributed by atoms with Crippen molar-refractivity contribution in [2.75, 3.05) is 6.54 Å². The second-order valence-electron chi connectivity index (χ2n) is 5.02. The molecule has 0 saturated carbocycles. The Morgan fingerprint density at radius 2 is 2.22 bits per heavy atom. The van der Waals surface area contributed by atoms with Gasteiger partial charge in [-0.15, -0.1) is 0 Å². The Morgan fingerprint density at radius 3 is 2.67 bits per heavy atom. The Bertz CT molecular complexity index is 474. The van der Waals surface area contributed by atoms with Crippen LogP contribution in [0.4, 0.5) is 0 Å². The molecule has 0 aliphatic carbocycles. The Balaban J connectivity index is 2.56. The molecule has 1 unspecified atom stereocenters. The zero-order valence-electron chi connectivity index (χ0n) is 11.2.